The molecule has 1 aromatic rings. The molecule has 0 saturated heterocycles. The van der Waals surface area contributed by atoms with Crippen molar-refractivity contribution in [1.82, 2.24) is 79.1 Å². The van der Waals surface area contributed by atoms with E-state index in [1.54, 1.807) is 27.7 Å². The van der Waals surface area contributed by atoms with Crippen LogP contribution in [-0.4, -0.2) is 267 Å². The molecule has 0 spiro atoms. The summed E-state index contributed by atoms with van der Waals surface area (Å²) in [5.41, 5.74) is 45.1. The van der Waals surface area contributed by atoms with E-state index in [1.165, 1.54) is 12.5 Å². The molecule has 12 atom stereocenters. The smallest absolute Gasteiger partial charge is 0.326 e. The number of aromatic amines is 1. The molecule has 45 nitrogen and oxygen atoms in total. The lowest BCUT2D eigenvalue weighted by Crippen LogP contribution is -2.61. The summed E-state index contributed by atoms with van der Waals surface area (Å²) in [6.45, 7) is 5.37. The second-order valence-corrected chi connectivity index (χ2v) is 27.5. The van der Waals surface area contributed by atoms with E-state index in [4.69, 9.17) is 45.9 Å². The van der Waals surface area contributed by atoms with E-state index in [1.807, 2.05) is 0 Å². The van der Waals surface area contributed by atoms with Crippen LogP contribution in [0.3, 0.4) is 0 Å². The van der Waals surface area contributed by atoms with E-state index in [0.29, 0.717) is 25.1 Å². The number of H-pyrrole nitrogens is 1. The maximum Gasteiger partial charge on any atom is 0.326 e. The number of guanidine groups is 3. The largest absolute Gasteiger partial charge is 0.481 e. The second kappa shape index (κ2) is 54.2. The Hall–Kier alpha value is -10.5. The van der Waals surface area contributed by atoms with Crippen molar-refractivity contribution in [3.63, 3.8) is 0 Å². The van der Waals surface area contributed by atoms with Gasteiger partial charge in [-0.05, 0) is 89.0 Å². The highest BCUT2D eigenvalue weighted by Crippen LogP contribution is 2.13. The normalized spacial score (nSPS) is 14.2. The van der Waals surface area contributed by atoms with Crippen molar-refractivity contribution in [2.45, 2.75) is 197 Å². The van der Waals surface area contributed by atoms with Gasteiger partial charge in [0.25, 0.3) is 0 Å². The predicted molar refractivity (Wildman–Crippen MR) is 417 cm³/mol. The summed E-state index contributed by atoms with van der Waals surface area (Å²) in [4.78, 5) is 233. The molecule has 33 N–H and O–H groups in total. The molecule has 0 unspecified atom stereocenters. The Morgan fingerprint density at radius 3 is 1.13 bits per heavy atom. The van der Waals surface area contributed by atoms with Gasteiger partial charge >= 0.3 is 17.9 Å². The van der Waals surface area contributed by atoms with Gasteiger partial charge in [0.1, 0.15) is 66.5 Å². The van der Waals surface area contributed by atoms with Crippen LogP contribution in [-0.2, 0) is 83.1 Å². The van der Waals surface area contributed by atoms with Crippen molar-refractivity contribution in [2.24, 2.45) is 72.7 Å². The number of nitrogens with one attached hydrogen (secondary N) is 14. The van der Waals surface area contributed by atoms with Crippen LogP contribution in [0.4, 0.5) is 0 Å². The number of nitrogens with zero attached hydrogens (tertiary/aromatic N) is 4. The Morgan fingerprint density at radius 1 is 0.420 bits per heavy atom. The zero-order valence-corrected chi connectivity index (χ0v) is 65.5. The summed E-state index contributed by atoms with van der Waals surface area (Å²) >= 11 is 12.7. The van der Waals surface area contributed by atoms with Gasteiger partial charge in [0.2, 0.25) is 76.8 Å². The van der Waals surface area contributed by atoms with E-state index >= 15 is 0 Å². The molecule has 0 bridgehead atoms. The Kier molecular flexibility index (Phi) is 48.2. The Morgan fingerprint density at radius 2 is 0.768 bits per heavy atom. The number of carbonyl (C=O) groups is 16. The number of amides is 13. The van der Waals surface area contributed by atoms with Gasteiger partial charge < -0.3 is 135 Å². The molecule has 0 aromatic carbocycles. The number of carbonyl (C=O) groups excluding carboxylic acids is 13. The number of carboxylic acids is 3. The highest BCUT2D eigenvalue weighted by atomic mass is 32.1. The first-order valence-corrected chi connectivity index (χ1v) is 37.6. The third-order valence-corrected chi connectivity index (χ3v) is 17.0. The Labute approximate surface area is 662 Å². The van der Waals surface area contributed by atoms with Crippen molar-refractivity contribution in [3.05, 3.63) is 18.2 Å². The van der Waals surface area contributed by atoms with E-state index in [-0.39, 0.29) is 113 Å². The topological polar surface area (TPSA) is 764 Å². The predicted octanol–water partition coefficient (Wildman–Crippen LogP) is -9.56. The number of hydrogen-bond donors (Lipinski definition) is 28. The van der Waals surface area contributed by atoms with E-state index in [0.717, 1.165) is 0 Å². The molecule has 13 amide bonds. The van der Waals surface area contributed by atoms with Crippen molar-refractivity contribution in [2.75, 3.05) is 56.5 Å². The van der Waals surface area contributed by atoms with Crippen molar-refractivity contribution < 1.29 is 92.0 Å². The first-order chi connectivity index (χ1) is 52.7. The van der Waals surface area contributed by atoms with Crippen LogP contribution < -0.4 is 115 Å². The molecule has 0 aliphatic rings. The molecule has 1 aromatic heterocycles. The van der Waals surface area contributed by atoms with Crippen LogP contribution in [0, 0.1) is 11.8 Å². The van der Waals surface area contributed by atoms with Gasteiger partial charge in [-0.1, -0.05) is 34.1 Å². The Balaban J connectivity index is 3.55. The molecule has 1 heterocycles. The average Bonchev–Trinajstić information content (AvgIpc) is 0.925. The maximum atomic E-state index is 14.5. The van der Waals surface area contributed by atoms with E-state index in [2.05, 4.69) is 132 Å². The number of hydrogen-bond acceptors (Lipinski definition) is 25. The van der Waals surface area contributed by atoms with Gasteiger partial charge in [-0.2, -0.15) is 37.9 Å². The minimum Gasteiger partial charge on any atom is -0.481 e. The van der Waals surface area contributed by atoms with Crippen molar-refractivity contribution in [3.8, 4) is 0 Å². The molecule has 0 aliphatic carbocycles. The van der Waals surface area contributed by atoms with Crippen LogP contribution in [0.5, 0.6) is 0 Å². The van der Waals surface area contributed by atoms with Crippen molar-refractivity contribution >= 4 is 150 Å². The number of imidazole rings is 1. The summed E-state index contributed by atoms with van der Waals surface area (Å²) in [7, 11) is 0. The van der Waals surface area contributed by atoms with Gasteiger partial charge in [0.15, 0.2) is 17.9 Å². The number of thiol groups is 3. The van der Waals surface area contributed by atoms with E-state index in [9.17, 15) is 92.0 Å². The summed E-state index contributed by atoms with van der Waals surface area (Å²) in [6.07, 6.45) is 0.569. The molecular formula is C64H112N26O19S3. The van der Waals surface area contributed by atoms with E-state index < -0.39 is 217 Å². The van der Waals surface area contributed by atoms with Crippen LogP contribution in [0.15, 0.2) is 27.5 Å². The molecule has 48 heteroatoms. The summed E-state index contributed by atoms with van der Waals surface area (Å²) in [5.74, 6) is -20.3. The first-order valence-electron chi connectivity index (χ1n) is 35.7. The standard InChI is InChI=1S/C64H112N26O19S3/c1-31(2)20-39(56(103)90-45(29-112)60(107)87-41(23-49(95)96)57(104)85-38(14-15-48(93)94)51(98)77-25-46(91)80-40(22-33-24-73-30-79-33)52(99)78-26-47(92)81-42(61(108)109)21-32(3)4)86-54(101)36(12-8-18-75-63(69)70)84-59(106)44(28-111)89-55(102)37(13-9-19-76-64(71)72)82-53(100)35(11-7-17-74-62(67)68)83-58(105)43(27-110)88-50(97)34(66)10-5-6-16-65/h24,30-32,34-45,110-112H,5-23,25-29,65-66H2,1-4H3,(H,73,79)(H,77,98)(H,78,99)(H,80,91)(H,81,92)(H,82,100)(H,83,105)(H,84,106)(H,85,104)(H,86,101)(H,87,107)(H,88,97)(H,89,102)(H,90,103)(H,93,94)(H,95,96)(H,108,109)(H4,67,68,74)(H4,69,70,75)(H4,71,72,76)/t34-,35-,36-,37-,38-,39-,40-,41-,42-,43-,44-,45-/m0/s1. The third-order valence-electron chi connectivity index (χ3n) is 15.9. The monoisotopic (exact) mass is 1640 g/mol. The molecule has 0 radical (unpaired) electrons. The fourth-order valence-electron chi connectivity index (χ4n) is 10.2. The highest BCUT2D eigenvalue weighted by molar-refractivity contribution is 7.80. The number of rotatable bonds is 57. The summed E-state index contributed by atoms with van der Waals surface area (Å²) < 4.78 is 0. The number of aliphatic carboxylic acids is 3. The maximum absolute atomic E-state index is 14.5. The lowest BCUT2D eigenvalue weighted by Gasteiger charge is -2.28. The molecule has 1 rings (SSSR count). The molecule has 112 heavy (non-hydrogen) atoms. The first kappa shape index (κ1) is 99.5. The number of aromatic nitrogens is 2. The van der Waals surface area contributed by atoms with Crippen molar-refractivity contribution in [1.29, 1.82) is 0 Å². The van der Waals surface area contributed by atoms with Gasteiger partial charge in [0, 0.05) is 61.6 Å². The van der Waals surface area contributed by atoms with Crippen LogP contribution in [0.2, 0.25) is 0 Å². The number of unbranched alkanes of at least 4 members (excludes halogenated alkanes) is 1. The third kappa shape index (κ3) is 42.1. The van der Waals surface area contributed by atoms with Crippen LogP contribution >= 0.6 is 37.9 Å². The fourth-order valence-corrected chi connectivity index (χ4v) is 11.0. The van der Waals surface area contributed by atoms with Gasteiger partial charge in [-0.25, -0.2) is 9.78 Å². The fraction of sp³-hybridized carbons (Fsp3) is 0.656. The minimum absolute atomic E-state index is 0.00239. The molecule has 0 saturated carbocycles. The average molecular weight is 1650 g/mol. The number of carboxylic acid groups (broad SMARTS) is 3. The number of aliphatic imine (C=N–C) groups is 3. The van der Waals surface area contributed by atoms with Gasteiger partial charge in [-0.15, -0.1) is 0 Å². The molecular weight excluding hydrogens is 1530 g/mol. The highest BCUT2D eigenvalue weighted by Gasteiger charge is 2.37. The van der Waals surface area contributed by atoms with Crippen LogP contribution in [0.25, 0.3) is 0 Å². The number of nitrogens with two attached hydrogens (primary N) is 8. The Bertz CT molecular complexity index is 3380. The second-order valence-electron chi connectivity index (χ2n) is 26.4. The lowest BCUT2D eigenvalue weighted by molar-refractivity contribution is -0.142. The van der Waals surface area contributed by atoms with Gasteiger partial charge in [0.05, 0.1) is 31.9 Å². The SMILES string of the molecule is CC(C)C[C@H](NC(=O)CNC(=O)[C@H](Cc1cnc[nH]1)NC(=O)CNC(=O)[C@H](CCC(=O)O)NC(=O)[C@H](CC(=O)O)NC(=O)[C@H](CS)NC(=O)[C@H](CC(C)C)NC(=O)[C@H](CCCN=C(N)N)NC(=O)[C@H](CS)NC(=O)[C@H](CCCN=C(N)N)NC(=O)[C@H](CCCN=C(N)N)NC(=O)[C@H](CS)NC(=O)[C@@H](N)CCCCN)C(=O)O. The summed E-state index contributed by atoms with van der Waals surface area (Å²) in [5, 5.41) is 60.1. The molecule has 0 aliphatic heterocycles. The molecule has 630 valence electrons. The quantitative estimate of drug-likeness (QED) is 0.0125. The van der Waals surface area contributed by atoms with Crippen LogP contribution in [0.1, 0.15) is 123 Å². The molecule has 0 fully saturated rings. The zero-order chi connectivity index (χ0) is 84.7. The zero-order valence-electron chi connectivity index (χ0n) is 62.8. The summed E-state index contributed by atoms with van der Waals surface area (Å²) in [6, 6.07) is -18.3. The lowest BCUT2D eigenvalue weighted by atomic mass is 10.0. The van der Waals surface area contributed by atoms with Gasteiger partial charge in [-0.3, -0.25) is 86.9 Å². The minimum atomic E-state index is -2.07.